The Morgan fingerprint density at radius 2 is 1.00 bits per heavy atom. The van der Waals surface area contributed by atoms with E-state index in [1.165, 1.54) is 6.21 Å². The van der Waals surface area contributed by atoms with Gasteiger partial charge in [-0.15, -0.1) is 0 Å². The van der Waals surface area contributed by atoms with Crippen LogP contribution < -0.4 is 14.9 Å². The van der Waals surface area contributed by atoms with Crippen molar-refractivity contribution in [1.82, 2.24) is 5.43 Å². The molecule has 0 radical (unpaired) electrons. The van der Waals surface area contributed by atoms with Gasteiger partial charge in [0.05, 0.1) is 23.0 Å². The number of esters is 2. The van der Waals surface area contributed by atoms with Crippen molar-refractivity contribution in [1.29, 1.82) is 0 Å². The summed E-state index contributed by atoms with van der Waals surface area (Å²) >= 11 is 11.8. The van der Waals surface area contributed by atoms with E-state index in [4.69, 9.17) is 32.7 Å². The van der Waals surface area contributed by atoms with Gasteiger partial charge in [-0.1, -0.05) is 47.5 Å². The molecule has 0 unspecified atom stereocenters. The van der Waals surface area contributed by atoms with Gasteiger partial charge >= 0.3 is 11.9 Å². The summed E-state index contributed by atoms with van der Waals surface area (Å²) in [7, 11) is 0. The minimum absolute atomic E-state index is 0.277. The fraction of sp³-hybridized carbons (Fsp3) is 0. The number of carbonyl (C=O) groups excluding carboxylic acids is 3. The molecule has 5 aromatic rings. The van der Waals surface area contributed by atoms with Crippen molar-refractivity contribution in [2.24, 2.45) is 10.1 Å². The highest BCUT2D eigenvalue weighted by atomic mass is 35.5. The fourth-order valence-electron chi connectivity index (χ4n) is 3.92. The number of amides is 1. The normalized spacial score (nSPS) is 11.0. The van der Waals surface area contributed by atoms with Crippen LogP contribution in [0, 0.1) is 0 Å². The molecule has 0 heterocycles. The maximum atomic E-state index is 12.7. The third-order valence-corrected chi connectivity index (χ3v) is 6.76. The highest BCUT2D eigenvalue weighted by Crippen LogP contribution is 2.21. The molecule has 222 valence electrons. The van der Waals surface area contributed by atoms with E-state index in [0.29, 0.717) is 49.3 Å². The summed E-state index contributed by atoms with van der Waals surface area (Å²) in [5, 5.41) is 5.05. The van der Waals surface area contributed by atoms with E-state index in [-0.39, 0.29) is 5.75 Å². The summed E-state index contributed by atoms with van der Waals surface area (Å²) in [6.07, 6.45) is 2.96. The van der Waals surface area contributed by atoms with Crippen LogP contribution in [-0.4, -0.2) is 30.3 Å². The van der Waals surface area contributed by atoms with Gasteiger partial charge in [0.2, 0.25) is 0 Å². The molecule has 1 amide bonds. The van der Waals surface area contributed by atoms with Crippen molar-refractivity contribution in [3.63, 3.8) is 0 Å². The number of hydrogen-bond acceptors (Lipinski definition) is 7. The minimum atomic E-state index is -0.554. The molecule has 0 aromatic heterocycles. The maximum absolute atomic E-state index is 12.7. The predicted molar refractivity (Wildman–Crippen MR) is 174 cm³/mol. The molecular weight excluding hydrogens is 613 g/mol. The van der Waals surface area contributed by atoms with Gasteiger partial charge in [-0.3, -0.25) is 9.79 Å². The number of aliphatic imine (C=N–C) groups is 1. The highest BCUT2D eigenvalue weighted by Gasteiger charge is 2.12. The molecule has 0 spiro atoms. The molecule has 0 atom stereocenters. The molecule has 0 bridgehead atoms. The quantitative estimate of drug-likeness (QED) is 0.0765. The van der Waals surface area contributed by atoms with Gasteiger partial charge in [-0.05, 0) is 97.1 Å². The number of para-hydroxylation sites is 2. The van der Waals surface area contributed by atoms with E-state index in [9.17, 15) is 14.4 Å². The Balaban J connectivity index is 1.19. The first-order valence-electron chi connectivity index (χ1n) is 13.5. The molecule has 1 N–H and O–H groups in total. The first-order chi connectivity index (χ1) is 21.9. The van der Waals surface area contributed by atoms with Gasteiger partial charge in [0, 0.05) is 33.0 Å². The maximum Gasteiger partial charge on any atom is 0.343 e. The first-order valence-corrected chi connectivity index (χ1v) is 14.2. The second kappa shape index (κ2) is 14.7. The predicted octanol–water partition coefficient (Wildman–Crippen LogP) is 7.95. The largest absolute Gasteiger partial charge is 0.422 e. The number of halogens is 2. The lowest BCUT2D eigenvalue weighted by molar-refractivity contribution is 0.0725. The van der Waals surface area contributed by atoms with Crippen molar-refractivity contribution in [2.45, 2.75) is 0 Å². The van der Waals surface area contributed by atoms with Crippen molar-refractivity contribution >= 4 is 59.2 Å². The Morgan fingerprint density at radius 3 is 1.51 bits per heavy atom. The Bertz CT molecular complexity index is 1890. The van der Waals surface area contributed by atoms with E-state index in [0.717, 1.165) is 0 Å². The summed E-state index contributed by atoms with van der Waals surface area (Å²) in [5.74, 6) is -0.901. The molecule has 0 aliphatic heterocycles. The molecule has 5 rings (SSSR count). The fourth-order valence-corrected chi connectivity index (χ4v) is 4.17. The summed E-state index contributed by atoms with van der Waals surface area (Å²) in [5.41, 5.74) is 5.18. The summed E-state index contributed by atoms with van der Waals surface area (Å²) in [4.78, 5) is 42.2. The second-order valence-electron chi connectivity index (χ2n) is 9.37. The SMILES string of the molecule is O=C(N/N=C\c1ccccc1OC(=O)c1ccc(Cl)cc1)c1ccc(N=Cc2ccccc2OC(=O)c2ccc(Cl)cc2)cc1. The number of ether oxygens (including phenoxy) is 2. The topological polar surface area (TPSA) is 106 Å². The Labute approximate surface area is 268 Å². The lowest BCUT2D eigenvalue weighted by Gasteiger charge is -2.07. The molecule has 0 aliphatic carbocycles. The van der Waals surface area contributed by atoms with Gasteiger partial charge in [0.1, 0.15) is 11.5 Å². The number of hydrazone groups is 1. The van der Waals surface area contributed by atoms with Crippen LogP contribution in [0.15, 0.2) is 131 Å². The van der Waals surface area contributed by atoms with E-state index in [1.807, 2.05) is 0 Å². The zero-order chi connectivity index (χ0) is 31.6. The molecule has 8 nitrogen and oxygen atoms in total. The number of benzene rings is 5. The van der Waals surface area contributed by atoms with E-state index in [1.54, 1.807) is 128 Å². The Morgan fingerprint density at radius 1 is 0.556 bits per heavy atom. The van der Waals surface area contributed by atoms with Crippen LogP contribution in [0.4, 0.5) is 5.69 Å². The molecule has 45 heavy (non-hydrogen) atoms. The standard InChI is InChI=1S/C35H23Cl2N3O5/c36-28-15-9-24(10-16-28)34(42)44-31-7-3-1-5-26(31)21-38-30-19-13-23(14-20-30)33(41)40-39-22-27-6-2-4-8-32(27)45-35(43)25-11-17-29(37)18-12-25/h1-22H,(H,40,41)/b38-21?,39-22-. The third kappa shape index (κ3) is 8.51. The molecule has 5 aromatic carbocycles. The van der Waals surface area contributed by atoms with Crippen LogP contribution in [-0.2, 0) is 0 Å². The Kier molecular flexibility index (Phi) is 10.1. The van der Waals surface area contributed by atoms with Gasteiger partial charge in [0.25, 0.3) is 5.91 Å². The van der Waals surface area contributed by atoms with Crippen molar-refractivity contribution < 1.29 is 23.9 Å². The van der Waals surface area contributed by atoms with Crippen LogP contribution >= 0.6 is 23.2 Å². The van der Waals surface area contributed by atoms with E-state index in [2.05, 4.69) is 15.5 Å². The number of nitrogens with zero attached hydrogens (tertiary/aromatic N) is 2. The van der Waals surface area contributed by atoms with Crippen molar-refractivity contribution in [3.05, 3.63) is 159 Å². The van der Waals surface area contributed by atoms with Gasteiger partial charge in [0.15, 0.2) is 0 Å². The zero-order valence-corrected chi connectivity index (χ0v) is 24.9. The number of nitrogens with one attached hydrogen (secondary N) is 1. The van der Waals surface area contributed by atoms with Gasteiger partial charge in [-0.25, -0.2) is 15.0 Å². The Hall–Kier alpha value is -5.57. The molecule has 0 fully saturated rings. The third-order valence-electron chi connectivity index (χ3n) is 6.26. The average molecular weight is 636 g/mol. The lowest BCUT2D eigenvalue weighted by Crippen LogP contribution is -2.17. The number of hydrogen-bond donors (Lipinski definition) is 1. The average Bonchev–Trinajstić information content (AvgIpc) is 3.06. The van der Waals surface area contributed by atoms with Crippen molar-refractivity contribution in [3.8, 4) is 11.5 Å². The summed E-state index contributed by atoms with van der Waals surface area (Å²) < 4.78 is 11.1. The monoisotopic (exact) mass is 635 g/mol. The van der Waals surface area contributed by atoms with E-state index < -0.39 is 17.8 Å². The number of rotatable bonds is 9. The molecule has 10 heteroatoms. The first kappa shape index (κ1) is 30.9. The van der Waals surface area contributed by atoms with E-state index >= 15 is 0 Å². The van der Waals surface area contributed by atoms with Gasteiger partial charge in [-0.2, -0.15) is 5.10 Å². The molecule has 0 aliphatic rings. The smallest absolute Gasteiger partial charge is 0.343 e. The zero-order valence-electron chi connectivity index (χ0n) is 23.4. The molecule has 0 saturated carbocycles. The van der Waals surface area contributed by atoms with Gasteiger partial charge < -0.3 is 9.47 Å². The highest BCUT2D eigenvalue weighted by molar-refractivity contribution is 6.31. The second-order valence-corrected chi connectivity index (χ2v) is 10.2. The van der Waals surface area contributed by atoms with Crippen molar-refractivity contribution in [2.75, 3.05) is 0 Å². The lowest BCUT2D eigenvalue weighted by atomic mass is 10.2. The summed E-state index contributed by atoms with van der Waals surface area (Å²) in [6.45, 7) is 0. The molecule has 0 saturated heterocycles. The van der Waals surface area contributed by atoms with Crippen LogP contribution in [0.5, 0.6) is 11.5 Å². The van der Waals surface area contributed by atoms with Crippen LogP contribution in [0.1, 0.15) is 42.2 Å². The summed E-state index contributed by atoms with van der Waals surface area (Å²) in [6, 6.07) is 33.1. The number of carbonyl (C=O) groups is 3. The minimum Gasteiger partial charge on any atom is -0.422 e. The van der Waals surface area contributed by atoms with Crippen LogP contribution in [0.25, 0.3) is 0 Å². The van der Waals surface area contributed by atoms with Crippen LogP contribution in [0.3, 0.4) is 0 Å². The molecular formula is C35H23Cl2N3O5. The van der Waals surface area contributed by atoms with Crippen LogP contribution in [0.2, 0.25) is 10.0 Å².